The first-order valence-electron chi connectivity index (χ1n) is 8.53. The fraction of sp³-hybridized carbons (Fsp3) is 0.158. The van der Waals surface area contributed by atoms with Crippen molar-refractivity contribution in [2.24, 2.45) is 5.73 Å². The molecular formula is C19H18ClN5O3S. The van der Waals surface area contributed by atoms with Crippen LogP contribution in [-0.4, -0.2) is 32.7 Å². The zero-order valence-electron chi connectivity index (χ0n) is 15.4. The van der Waals surface area contributed by atoms with E-state index in [9.17, 15) is 9.59 Å². The number of aromatic amines is 1. The third-order valence-electron chi connectivity index (χ3n) is 3.80. The highest BCUT2D eigenvalue weighted by molar-refractivity contribution is 7.99. The summed E-state index contributed by atoms with van der Waals surface area (Å²) in [7, 11) is 0. The lowest BCUT2D eigenvalue weighted by Crippen LogP contribution is -2.15. The molecule has 150 valence electrons. The van der Waals surface area contributed by atoms with Gasteiger partial charge >= 0.3 is 0 Å². The highest BCUT2D eigenvalue weighted by atomic mass is 35.5. The molecular weight excluding hydrogens is 414 g/mol. The first kappa shape index (κ1) is 20.7. The van der Waals surface area contributed by atoms with Crippen LogP contribution >= 0.6 is 23.4 Å². The van der Waals surface area contributed by atoms with Crippen molar-refractivity contribution < 1.29 is 14.3 Å². The quantitative estimate of drug-likeness (QED) is 0.471. The van der Waals surface area contributed by atoms with Crippen LogP contribution in [0.1, 0.15) is 21.7 Å². The minimum absolute atomic E-state index is 0.131. The number of aryl methyl sites for hydroxylation is 1. The van der Waals surface area contributed by atoms with Gasteiger partial charge in [0.2, 0.25) is 17.0 Å². The van der Waals surface area contributed by atoms with E-state index in [-0.39, 0.29) is 18.3 Å². The minimum Gasteiger partial charge on any atom is -0.486 e. The molecule has 2 aromatic carbocycles. The summed E-state index contributed by atoms with van der Waals surface area (Å²) < 4.78 is 5.66. The predicted octanol–water partition coefficient (Wildman–Crippen LogP) is 3.18. The molecule has 4 N–H and O–H groups in total. The number of nitrogens with one attached hydrogen (secondary N) is 2. The van der Waals surface area contributed by atoms with E-state index in [1.54, 1.807) is 36.4 Å². The molecule has 10 heteroatoms. The number of carbonyl (C=O) groups excluding carboxylic acids is 2. The molecule has 0 fully saturated rings. The number of nitrogens with two attached hydrogens (primary N) is 1. The number of nitrogens with zero attached hydrogens (tertiary/aromatic N) is 2. The van der Waals surface area contributed by atoms with Gasteiger partial charge in [-0.15, -0.1) is 5.10 Å². The van der Waals surface area contributed by atoms with E-state index in [0.29, 0.717) is 33.0 Å². The average Bonchev–Trinajstić information content (AvgIpc) is 3.16. The van der Waals surface area contributed by atoms with Crippen LogP contribution in [-0.2, 0) is 11.4 Å². The zero-order chi connectivity index (χ0) is 20.8. The highest BCUT2D eigenvalue weighted by Gasteiger charge is 2.09. The van der Waals surface area contributed by atoms with Crippen molar-refractivity contribution in [1.29, 1.82) is 0 Å². The second-order valence-electron chi connectivity index (χ2n) is 6.04. The lowest BCUT2D eigenvalue weighted by Gasteiger charge is -2.05. The Hall–Kier alpha value is -3.04. The topological polar surface area (TPSA) is 123 Å². The summed E-state index contributed by atoms with van der Waals surface area (Å²) in [6.07, 6.45) is 0. The Bertz CT molecular complexity index is 1020. The number of benzene rings is 2. The first-order chi connectivity index (χ1) is 13.9. The Kier molecular flexibility index (Phi) is 6.73. The number of aromatic nitrogens is 3. The number of amides is 2. The number of H-pyrrole nitrogens is 1. The summed E-state index contributed by atoms with van der Waals surface area (Å²) in [5.74, 6) is 0.614. The lowest BCUT2D eigenvalue weighted by atomic mass is 10.2. The van der Waals surface area contributed by atoms with Gasteiger partial charge in [0.15, 0.2) is 5.82 Å². The van der Waals surface area contributed by atoms with E-state index in [0.717, 1.165) is 5.56 Å². The SMILES string of the molecule is Cc1cc(OCc2nc(SCC(=O)Nc3ccc(C(N)=O)cc3)n[nH]2)ccc1Cl. The van der Waals surface area contributed by atoms with Gasteiger partial charge in [-0.1, -0.05) is 23.4 Å². The molecule has 0 saturated carbocycles. The number of halogens is 1. The molecule has 0 aliphatic rings. The zero-order valence-corrected chi connectivity index (χ0v) is 17.0. The van der Waals surface area contributed by atoms with Crippen molar-refractivity contribution in [2.45, 2.75) is 18.7 Å². The molecule has 0 unspecified atom stereocenters. The molecule has 8 nitrogen and oxygen atoms in total. The molecule has 0 spiro atoms. The second-order valence-corrected chi connectivity index (χ2v) is 7.39. The third kappa shape index (κ3) is 5.97. The van der Waals surface area contributed by atoms with E-state index in [1.165, 1.54) is 11.8 Å². The van der Waals surface area contributed by atoms with Crippen molar-refractivity contribution in [3.8, 4) is 5.75 Å². The van der Waals surface area contributed by atoms with Crippen LogP contribution < -0.4 is 15.8 Å². The molecule has 1 heterocycles. The standard InChI is InChI=1S/C19H18ClN5O3S/c1-11-8-14(6-7-15(11)20)28-9-16-23-19(25-24-16)29-10-17(26)22-13-4-2-12(3-5-13)18(21)27/h2-8H,9-10H2,1H3,(H2,21,27)(H,22,26)(H,23,24,25). The van der Waals surface area contributed by atoms with Gasteiger partial charge in [-0.2, -0.15) is 0 Å². The lowest BCUT2D eigenvalue weighted by molar-refractivity contribution is -0.113. The largest absolute Gasteiger partial charge is 0.486 e. The number of thioether (sulfide) groups is 1. The fourth-order valence-corrected chi connectivity index (χ4v) is 3.05. The maximum atomic E-state index is 12.1. The van der Waals surface area contributed by atoms with Crippen LogP contribution in [0.25, 0.3) is 0 Å². The maximum absolute atomic E-state index is 12.1. The van der Waals surface area contributed by atoms with Crippen molar-refractivity contribution in [3.63, 3.8) is 0 Å². The molecule has 29 heavy (non-hydrogen) atoms. The number of rotatable bonds is 8. The van der Waals surface area contributed by atoms with Gasteiger partial charge in [0, 0.05) is 16.3 Å². The number of hydrogen-bond acceptors (Lipinski definition) is 6. The van der Waals surface area contributed by atoms with Crippen molar-refractivity contribution in [1.82, 2.24) is 15.2 Å². The molecule has 2 amide bonds. The van der Waals surface area contributed by atoms with Crippen molar-refractivity contribution in [2.75, 3.05) is 11.1 Å². The minimum atomic E-state index is -0.519. The van der Waals surface area contributed by atoms with E-state index in [4.69, 9.17) is 22.1 Å². The van der Waals surface area contributed by atoms with Gasteiger partial charge < -0.3 is 15.8 Å². The first-order valence-corrected chi connectivity index (χ1v) is 9.90. The van der Waals surface area contributed by atoms with Gasteiger partial charge in [0.05, 0.1) is 5.75 Å². The van der Waals surface area contributed by atoms with Crippen molar-refractivity contribution in [3.05, 3.63) is 64.4 Å². The van der Waals surface area contributed by atoms with Gasteiger partial charge in [0.1, 0.15) is 12.4 Å². The predicted molar refractivity (Wildman–Crippen MR) is 111 cm³/mol. The molecule has 3 rings (SSSR count). The molecule has 1 aromatic heterocycles. The summed E-state index contributed by atoms with van der Waals surface area (Å²) >= 11 is 7.18. The van der Waals surface area contributed by atoms with Crippen LogP contribution in [0.5, 0.6) is 5.75 Å². The molecule has 0 atom stereocenters. The molecule has 3 aromatic rings. The normalized spacial score (nSPS) is 10.6. The van der Waals surface area contributed by atoms with E-state index in [2.05, 4.69) is 20.5 Å². The van der Waals surface area contributed by atoms with Gasteiger partial charge in [0.25, 0.3) is 0 Å². The summed E-state index contributed by atoms with van der Waals surface area (Å²) in [5.41, 5.74) is 7.06. The number of hydrogen-bond donors (Lipinski definition) is 3. The fourth-order valence-electron chi connectivity index (χ4n) is 2.31. The Labute approximate surface area is 176 Å². The third-order valence-corrected chi connectivity index (χ3v) is 5.07. The number of carbonyl (C=O) groups is 2. The van der Waals surface area contributed by atoms with Crippen LogP contribution in [0, 0.1) is 6.92 Å². The van der Waals surface area contributed by atoms with Crippen LogP contribution in [0.3, 0.4) is 0 Å². The summed E-state index contributed by atoms with van der Waals surface area (Å²) in [4.78, 5) is 27.4. The van der Waals surface area contributed by atoms with Crippen LogP contribution in [0.2, 0.25) is 5.02 Å². The molecule has 0 aliphatic carbocycles. The number of anilines is 1. The average molecular weight is 432 g/mol. The molecule has 0 radical (unpaired) electrons. The Balaban J connectivity index is 1.46. The summed E-state index contributed by atoms with van der Waals surface area (Å²) in [5, 5.41) is 10.7. The molecule has 0 saturated heterocycles. The van der Waals surface area contributed by atoms with E-state index >= 15 is 0 Å². The van der Waals surface area contributed by atoms with Crippen molar-refractivity contribution >= 4 is 40.9 Å². The van der Waals surface area contributed by atoms with Gasteiger partial charge in [-0.05, 0) is 55.0 Å². The number of ether oxygens (including phenoxy) is 1. The number of primary amides is 1. The maximum Gasteiger partial charge on any atom is 0.248 e. The van der Waals surface area contributed by atoms with Crippen LogP contribution in [0.4, 0.5) is 5.69 Å². The van der Waals surface area contributed by atoms with E-state index < -0.39 is 5.91 Å². The van der Waals surface area contributed by atoms with Crippen LogP contribution in [0.15, 0.2) is 47.6 Å². The molecule has 0 aliphatic heterocycles. The monoisotopic (exact) mass is 431 g/mol. The Morgan fingerprint density at radius 3 is 2.69 bits per heavy atom. The van der Waals surface area contributed by atoms with Gasteiger partial charge in [-0.3, -0.25) is 14.7 Å². The van der Waals surface area contributed by atoms with E-state index in [1.807, 2.05) is 13.0 Å². The highest BCUT2D eigenvalue weighted by Crippen LogP contribution is 2.22. The Morgan fingerprint density at radius 1 is 1.24 bits per heavy atom. The summed E-state index contributed by atoms with van der Waals surface area (Å²) in [6, 6.07) is 11.7. The van der Waals surface area contributed by atoms with Gasteiger partial charge in [-0.25, -0.2) is 4.98 Å². The smallest absolute Gasteiger partial charge is 0.248 e. The second kappa shape index (κ2) is 9.44. The Morgan fingerprint density at radius 2 is 2.00 bits per heavy atom. The molecule has 0 bridgehead atoms. The summed E-state index contributed by atoms with van der Waals surface area (Å²) in [6.45, 7) is 2.11.